The standard InChI is InChI=1S/C11H14BrN5O/c1-13-11-9(12)7(5-18-3)15-10(16-11)8-4-14-6-17(8)2/h4,6H,5H2,1-3H3,(H,13,15,16). The van der Waals surface area contributed by atoms with Crippen LogP contribution in [0.3, 0.4) is 0 Å². The number of hydrogen-bond donors (Lipinski definition) is 1. The van der Waals surface area contributed by atoms with E-state index in [0.717, 1.165) is 21.7 Å². The molecule has 0 bridgehead atoms. The Morgan fingerprint density at radius 2 is 2.22 bits per heavy atom. The Morgan fingerprint density at radius 1 is 1.44 bits per heavy atom. The van der Waals surface area contributed by atoms with E-state index >= 15 is 0 Å². The van der Waals surface area contributed by atoms with Gasteiger partial charge in [0.05, 0.1) is 29.3 Å². The largest absolute Gasteiger partial charge is 0.378 e. The molecule has 0 amide bonds. The van der Waals surface area contributed by atoms with Gasteiger partial charge in [-0.25, -0.2) is 15.0 Å². The molecule has 96 valence electrons. The van der Waals surface area contributed by atoms with Gasteiger partial charge in [0.1, 0.15) is 11.5 Å². The van der Waals surface area contributed by atoms with Crippen LogP contribution in [0.1, 0.15) is 5.69 Å². The van der Waals surface area contributed by atoms with Gasteiger partial charge >= 0.3 is 0 Å². The normalized spacial score (nSPS) is 10.7. The molecule has 0 aliphatic carbocycles. The Kier molecular flexibility index (Phi) is 3.93. The fraction of sp³-hybridized carbons (Fsp3) is 0.364. The van der Waals surface area contributed by atoms with Gasteiger partial charge in [0.25, 0.3) is 0 Å². The number of hydrogen-bond acceptors (Lipinski definition) is 5. The fourth-order valence-corrected chi connectivity index (χ4v) is 2.07. The van der Waals surface area contributed by atoms with Crippen molar-refractivity contribution in [3.8, 4) is 11.5 Å². The van der Waals surface area contributed by atoms with E-state index in [1.54, 1.807) is 19.6 Å². The third kappa shape index (κ3) is 2.37. The number of aryl methyl sites for hydroxylation is 1. The second-order valence-electron chi connectivity index (χ2n) is 3.73. The van der Waals surface area contributed by atoms with Gasteiger partial charge in [0, 0.05) is 21.2 Å². The molecule has 2 heterocycles. The van der Waals surface area contributed by atoms with Crippen LogP contribution in [0.4, 0.5) is 5.82 Å². The van der Waals surface area contributed by atoms with Crippen molar-refractivity contribution in [2.24, 2.45) is 7.05 Å². The molecule has 0 saturated heterocycles. The lowest BCUT2D eigenvalue weighted by molar-refractivity contribution is 0.181. The van der Waals surface area contributed by atoms with Crippen molar-refractivity contribution in [2.75, 3.05) is 19.5 Å². The van der Waals surface area contributed by atoms with Gasteiger partial charge in [-0.15, -0.1) is 0 Å². The van der Waals surface area contributed by atoms with Crippen molar-refractivity contribution in [1.29, 1.82) is 0 Å². The van der Waals surface area contributed by atoms with Gasteiger partial charge in [-0.3, -0.25) is 0 Å². The molecule has 0 unspecified atom stereocenters. The number of imidazole rings is 1. The number of nitrogens with one attached hydrogen (secondary N) is 1. The van der Waals surface area contributed by atoms with Crippen LogP contribution in [0.2, 0.25) is 0 Å². The molecule has 0 radical (unpaired) electrons. The SMILES string of the molecule is CNc1nc(-c2cncn2C)nc(COC)c1Br. The quantitative estimate of drug-likeness (QED) is 0.933. The second-order valence-corrected chi connectivity index (χ2v) is 4.52. The Labute approximate surface area is 114 Å². The Balaban J connectivity index is 2.55. The molecule has 6 nitrogen and oxygen atoms in total. The molecule has 0 aromatic carbocycles. The number of rotatable bonds is 4. The zero-order valence-electron chi connectivity index (χ0n) is 10.4. The number of halogens is 1. The second kappa shape index (κ2) is 5.45. The van der Waals surface area contributed by atoms with Crippen LogP contribution >= 0.6 is 15.9 Å². The summed E-state index contributed by atoms with van der Waals surface area (Å²) in [5.41, 5.74) is 1.66. The third-order valence-electron chi connectivity index (χ3n) is 2.48. The summed E-state index contributed by atoms with van der Waals surface area (Å²) in [5.74, 6) is 1.35. The monoisotopic (exact) mass is 311 g/mol. The third-order valence-corrected chi connectivity index (χ3v) is 3.32. The summed E-state index contributed by atoms with van der Waals surface area (Å²) in [6.45, 7) is 0.419. The summed E-state index contributed by atoms with van der Waals surface area (Å²) < 4.78 is 7.83. The van der Waals surface area contributed by atoms with Gasteiger partial charge in [0.2, 0.25) is 0 Å². The summed E-state index contributed by atoms with van der Waals surface area (Å²) in [6.07, 6.45) is 3.45. The molecular formula is C11H14BrN5O. The Hall–Kier alpha value is -1.47. The summed E-state index contributed by atoms with van der Waals surface area (Å²) in [6, 6.07) is 0. The predicted octanol–water partition coefficient (Wildman–Crippen LogP) is 1.83. The Bertz CT molecular complexity index is 554. The van der Waals surface area contributed by atoms with Gasteiger partial charge in [0.15, 0.2) is 5.82 Å². The summed E-state index contributed by atoms with van der Waals surface area (Å²) >= 11 is 3.47. The van der Waals surface area contributed by atoms with Crippen LogP contribution in [0, 0.1) is 0 Å². The molecule has 0 aliphatic heterocycles. The topological polar surface area (TPSA) is 64.9 Å². The maximum absolute atomic E-state index is 5.14. The number of ether oxygens (including phenoxy) is 1. The van der Waals surface area contributed by atoms with Crippen molar-refractivity contribution >= 4 is 21.7 Å². The van der Waals surface area contributed by atoms with E-state index < -0.39 is 0 Å². The van der Waals surface area contributed by atoms with E-state index in [1.165, 1.54) is 0 Å². The van der Waals surface area contributed by atoms with Crippen LogP contribution in [0.25, 0.3) is 11.5 Å². The summed E-state index contributed by atoms with van der Waals surface area (Å²) in [5, 5.41) is 3.03. The highest BCUT2D eigenvalue weighted by Gasteiger charge is 2.14. The zero-order chi connectivity index (χ0) is 13.1. The summed E-state index contributed by atoms with van der Waals surface area (Å²) in [7, 11) is 5.36. The van der Waals surface area contributed by atoms with E-state index in [-0.39, 0.29) is 0 Å². The van der Waals surface area contributed by atoms with Gasteiger partial charge < -0.3 is 14.6 Å². The minimum atomic E-state index is 0.419. The molecule has 1 N–H and O–H groups in total. The van der Waals surface area contributed by atoms with E-state index in [0.29, 0.717) is 12.4 Å². The highest BCUT2D eigenvalue weighted by atomic mass is 79.9. The molecule has 0 saturated carbocycles. The summed E-state index contributed by atoms with van der Waals surface area (Å²) in [4.78, 5) is 13.0. The smallest absolute Gasteiger partial charge is 0.180 e. The molecule has 2 aromatic heterocycles. The van der Waals surface area contributed by atoms with Crippen LogP contribution in [0.15, 0.2) is 17.0 Å². The maximum atomic E-state index is 5.14. The van der Waals surface area contributed by atoms with Crippen LogP contribution in [0.5, 0.6) is 0 Å². The average Bonchev–Trinajstić information content (AvgIpc) is 2.78. The van der Waals surface area contributed by atoms with Crippen LogP contribution in [-0.2, 0) is 18.4 Å². The number of methoxy groups -OCH3 is 1. The van der Waals surface area contributed by atoms with E-state index in [1.807, 2.05) is 18.7 Å². The van der Waals surface area contributed by atoms with Crippen molar-refractivity contribution < 1.29 is 4.74 Å². The first kappa shape index (κ1) is 13.0. The Morgan fingerprint density at radius 3 is 2.78 bits per heavy atom. The van der Waals surface area contributed by atoms with Gasteiger partial charge in [-0.2, -0.15) is 0 Å². The molecule has 0 fully saturated rings. The lowest BCUT2D eigenvalue weighted by Gasteiger charge is -2.10. The maximum Gasteiger partial charge on any atom is 0.180 e. The number of anilines is 1. The fourth-order valence-electron chi connectivity index (χ4n) is 1.58. The number of nitrogens with zero attached hydrogens (tertiary/aromatic N) is 4. The van der Waals surface area contributed by atoms with Crippen molar-refractivity contribution in [2.45, 2.75) is 6.61 Å². The van der Waals surface area contributed by atoms with Crippen molar-refractivity contribution in [3.63, 3.8) is 0 Å². The molecule has 0 spiro atoms. The molecular weight excluding hydrogens is 298 g/mol. The molecule has 2 aromatic rings. The minimum absolute atomic E-state index is 0.419. The van der Waals surface area contributed by atoms with Crippen molar-refractivity contribution in [3.05, 3.63) is 22.7 Å². The lowest BCUT2D eigenvalue weighted by atomic mass is 10.3. The average molecular weight is 312 g/mol. The molecule has 18 heavy (non-hydrogen) atoms. The highest BCUT2D eigenvalue weighted by molar-refractivity contribution is 9.10. The molecule has 2 rings (SSSR count). The lowest BCUT2D eigenvalue weighted by Crippen LogP contribution is -2.05. The van der Waals surface area contributed by atoms with Crippen LogP contribution in [-0.4, -0.2) is 33.7 Å². The first-order valence-corrected chi connectivity index (χ1v) is 6.16. The zero-order valence-corrected chi connectivity index (χ0v) is 12.0. The van der Waals surface area contributed by atoms with E-state index in [4.69, 9.17) is 4.74 Å². The number of aromatic nitrogens is 4. The minimum Gasteiger partial charge on any atom is -0.378 e. The van der Waals surface area contributed by atoms with Crippen molar-refractivity contribution in [1.82, 2.24) is 19.5 Å². The first-order chi connectivity index (χ1) is 8.67. The van der Waals surface area contributed by atoms with Gasteiger partial charge in [-0.05, 0) is 15.9 Å². The molecule has 0 atom stereocenters. The molecule has 7 heteroatoms. The van der Waals surface area contributed by atoms with Gasteiger partial charge in [-0.1, -0.05) is 0 Å². The van der Waals surface area contributed by atoms with Crippen LogP contribution < -0.4 is 5.32 Å². The van der Waals surface area contributed by atoms with E-state index in [9.17, 15) is 0 Å². The highest BCUT2D eigenvalue weighted by Crippen LogP contribution is 2.27. The first-order valence-electron chi connectivity index (χ1n) is 5.37. The molecule has 0 aliphatic rings. The predicted molar refractivity (Wildman–Crippen MR) is 72.2 cm³/mol. The van der Waals surface area contributed by atoms with E-state index in [2.05, 4.69) is 36.2 Å².